The fraction of sp³-hybridized carbons (Fsp3) is 0.263. The molecule has 4 heteroatoms. The van der Waals surface area contributed by atoms with Gasteiger partial charge in [-0.15, -0.1) is 0 Å². The van der Waals surface area contributed by atoms with Gasteiger partial charge in [-0.1, -0.05) is 24.3 Å². The normalized spacial score (nSPS) is 14.9. The molecule has 0 atom stereocenters. The Labute approximate surface area is 144 Å². The van der Waals surface area contributed by atoms with Crippen LogP contribution in [0.15, 0.2) is 46.9 Å². The maximum atomic E-state index is 5.30. The van der Waals surface area contributed by atoms with Crippen LogP contribution in [0, 0.1) is 0 Å². The smallest absolute Gasteiger partial charge is 0.133 e. The Morgan fingerprint density at radius 3 is 2.91 bits per heavy atom. The minimum atomic E-state index is 0.880. The Morgan fingerprint density at radius 1 is 1.22 bits per heavy atom. The van der Waals surface area contributed by atoms with Crippen molar-refractivity contribution in [1.82, 2.24) is 9.88 Å². The van der Waals surface area contributed by atoms with Gasteiger partial charge in [0.05, 0.1) is 11.6 Å². The van der Waals surface area contributed by atoms with E-state index in [-0.39, 0.29) is 0 Å². The first-order valence-electron chi connectivity index (χ1n) is 7.88. The summed E-state index contributed by atoms with van der Waals surface area (Å²) in [6.45, 7) is 3.03. The van der Waals surface area contributed by atoms with E-state index < -0.39 is 0 Å². The van der Waals surface area contributed by atoms with Crippen LogP contribution in [0.25, 0.3) is 10.9 Å². The third-order valence-electron chi connectivity index (χ3n) is 4.58. The SMILES string of the molecule is COc1ccc(CN2CCc3c([nH]c4ccccc34)C2)cc1Br. The van der Waals surface area contributed by atoms with E-state index in [1.807, 2.05) is 6.07 Å². The zero-order chi connectivity index (χ0) is 15.8. The number of fused-ring (bicyclic) bond motifs is 3. The highest BCUT2D eigenvalue weighted by molar-refractivity contribution is 9.10. The van der Waals surface area contributed by atoms with E-state index in [9.17, 15) is 0 Å². The predicted octanol–water partition coefficient (Wildman–Crippen LogP) is 4.50. The fourth-order valence-corrected chi connectivity index (χ4v) is 4.04. The number of aromatic nitrogens is 1. The Balaban J connectivity index is 1.55. The number of ether oxygens (including phenoxy) is 1. The molecule has 2 aromatic carbocycles. The summed E-state index contributed by atoms with van der Waals surface area (Å²) in [4.78, 5) is 6.08. The Hall–Kier alpha value is -1.78. The summed E-state index contributed by atoms with van der Waals surface area (Å²) < 4.78 is 6.32. The molecule has 0 saturated heterocycles. The summed E-state index contributed by atoms with van der Waals surface area (Å²) in [6.07, 6.45) is 1.11. The first-order valence-corrected chi connectivity index (χ1v) is 8.67. The highest BCUT2D eigenvalue weighted by atomic mass is 79.9. The van der Waals surface area contributed by atoms with Gasteiger partial charge in [-0.2, -0.15) is 0 Å². The number of benzene rings is 2. The molecule has 1 aliphatic rings. The van der Waals surface area contributed by atoms with Crippen molar-refractivity contribution >= 4 is 26.8 Å². The van der Waals surface area contributed by atoms with Crippen molar-refractivity contribution in [3.8, 4) is 5.75 Å². The molecule has 1 N–H and O–H groups in total. The van der Waals surface area contributed by atoms with Crippen molar-refractivity contribution in [1.29, 1.82) is 0 Å². The summed E-state index contributed by atoms with van der Waals surface area (Å²) in [5.74, 6) is 0.880. The Kier molecular flexibility index (Phi) is 3.87. The topological polar surface area (TPSA) is 28.3 Å². The molecule has 23 heavy (non-hydrogen) atoms. The summed E-state index contributed by atoms with van der Waals surface area (Å²) in [5.41, 5.74) is 5.42. The number of methoxy groups -OCH3 is 1. The Bertz CT molecular complexity index is 856. The first kappa shape index (κ1) is 14.8. The second kappa shape index (κ2) is 6.02. The molecule has 3 nitrogen and oxygen atoms in total. The lowest BCUT2D eigenvalue weighted by molar-refractivity contribution is 0.243. The van der Waals surface area contributed by atoms with Gasteiger partial charge >= 0.3 is 0 Å². The molecular formula is C19H19BrN2O. The number of halogens is 1. The first-order chi connectivity index (χ1) is 11.2. The van der Waals surface area contributed by atoms with Gasteiger partial charge in [0.25, 0.3) is 0 Å². The molecule has 0 saturated carbocycles. The molecular weight excluding hydrogens is 352 g/mol. The molecule has 118 valence electrons. The second-order valence-corrected chi connectivity index (χ2v) is 6.91. The molecule has 0 radical (unpaired) electrons. The molecule has 4 rings (SSSR count). The number of rotatable bonds is 3. The minimum Gasteiger partial charge on any atom is -0.496 e. The number of nitrogens with zero attached hydrogens (tertiary/aromatic N) is 1. The quantitative estimate of drug-likeness (QED) is 0.735. The van der Waals surface area contributed by atoms with Crippen LogP contribution in [0.5, 0.6) is 5.75 Å². The van der Waals surface area contributed by atoms with Crippen molar-refractivity contribution in [3.63, 3.8) is 0 Å². The van der Waals surface area contributed by atoms with Gasteiger partial charge < -0.3 is 9.72 Å². The van der Waals surface area contributed by atoms with E-state index in [4.69, 9.17) is 4.74 Å². The van der Waals surface area contributed by atoms with Crippen LogP contribution in [-0.4, -0.2) is 23.5 Å². The number of aromatic amines is 1. The van der Waals surface area contributed by atoms with Crippen LogP contribution in [0.3, 0.4) is 0 Å². The highest BCUT2D eigenvalue weighted by Gasteiger charge is 2.20. The number of H-pyrrole nitrogens is 1. The predicted molar refractivity (Wildman–Crippen MR) is 96.8 cm³/mol. The average molecular weight is 371 g/mol. The lowest BCUT2D eigenvalue weighted by atomic mass is 10.0. The molecule has 0 fully saturated rings. The lowest BCUT2D eigenvalue weighted by Gasteiger charge is -2.27. The summed E-state index contributed by atoms with van der Waals surface area (Å²) in [7, 11) is 1.70. The number of hydrogen-bond donors (Lipinski definition) is 1. The van der Waals surface area contributed by atoms with Crippen molar-refractivity contribution in [2.75, 3.05) is 13.7 Å². The maximum absolute atomic E-state index is 5.30. The third-order valence-corrected chi connectivity index (χ3v) is 5.20. The molecule has 0 aliphatic carbocycles. The lowest BCUT2D eigenvalue weighted by Crippen LogP contribution is -2.29. The molecule has 0 amide bonds. The van der Waals surface area contributed by atoms with Crippen LogP contribution >= 0.6 is 15.9 Å². The van der Waals surface area contributed by atoms with Crippen LogP contribution in [-0.2, 0) is 19.5 Å². The number of nitrogens with one attached hydrogen (secondary N) is 1. The zero-order valence-electron chi connectivity index (χ0n) is 13.1. The number of para-hydroxylation sites is 1. The van der Waals surface area contributed by atoms with Crippen LogP contribution < -0.4 is 4.74 Å². The zero-order valence-corrected chi connectivity index (χ0v) is 14.7. The fourth-order valence-electron chi connectivity index (χ4n) is 3.45. The van der Waals surface area contributed by atoms with Crippen molar-refractivity contribution < 1.29 is 4.74 Å². The molecule has 0 unspecified atom stereocenters. The summed E-state index contributed by atoms with van der Waals surface area (Å²) in [5, 5.41) is 1.38. The van der Waals surface area contributed by atoms with Crippen LogP contribution in [0.1, 0.15) is 16.8 Å². The molecule has 1 aromatic heterocycles. The van der Waals surface area contributed by atoms with Gasteiger partial charge in [-0.05, 0) is 51.7 Å². The Morgan fingerprint density at radius 2 is 2.09 bits per heavy atom. The van der Waals surface area contributed by atoms with E-state index in [0.717, 1.165) is 36.3 Å². The van der Waals surface area contributed by atoms with E-state index in [1.54, 1.807) is 7.11 Å². The third kappa shape index (κ3) is 2.77. The number of hydrogen-bond acceptors (Lipinski definition) is 2. The van der Waals surface area contributed by atoms with E-state index in [2.05, 4.69) is 62.2 Å². The van der Waals surface area contributed by atoms with Gasteiger partial charge in [0.1, 0.15) is 5.75 Å². The monoisotopic (exact) mass is 370 g/mol. The van der Waals surface area contributed by atoms with Gasteiger partial charge in [0.2, 0.25) is 0 Å². The van der Waals surface area contributed by atoms with Gasteiger partial charge in [-0.3, -0.25) is 4.90 Å². The summed E-state index contributed by atoms with van der Waals surface area (Å²) in [6, 6.07) is 14.9. The second-order valence-electron chi connectivity index (χ2n) is 6.06. The van der Waals surface area contributed by atoms with E-state index >= 15 is 0 Å². The van der Waals surface area contributed by atoms with E-state index in [0.29, 0.717) is 0 Å². The van der Waals surface area contributed by atoms with Crippen molar-refractivity contribution in [2.45, 2.75) is 19.5 Å². The highest BCUT2D eigenvalue weighted by Crippen LogP contribution is 2.29. The summed E-state index contributed by atoms with van der Waals surface area (Å²) >= 11 is 3.57. The standard InChI is InChI=1S/C19H19BrN2O/c1-23-19-7-6-13(10-16(19)20)11-22-9-8-15-14-4-2-3-5-17(14)21-18(15)12-22/h2-7,10,21H,8-9,11-12H2,1H3. The van der Waals surface area contributed by atoms with Crippen LogP contribution in [0.4, 0.5) is 0 Å². The molecule has 2 heterocycles. The average Bonchev–Trinajstić information content (AvgIpc) is 2.92. The molecule has 3 aromatic rings. The molecule has 0 spiro atoms. The van der Waals surface area contributed by atoms with Crippen molar-refractivity contribution in [3.05, 3.63) is 63.8 Å². The molecule has 0 bridgehead atoms. The van der Waals surface area contributed by atoms with Crippen LogP contribution in [0.2, 0.25) is 0 Å². The van der Waals surface area contributed by atoms with Gasteiger partial charge in [0.15, 0.2) is 0 Å². The van der Waals surface area contributed by atoms with Gasteiger partial charge in [-0.25, -0.2) is 0 Å². The maximum Gasteiger partial charge on any atom is 0.133 e. The van der Waals surface area contributed by atoms with Gasteiger partial charge in [0, 0.05) is 36.2 Å². The minimum absolute atomic E-state index is 0.880. The molecule has 1 aliphatic heterocycles. The largest absolute Gasteiger partial charge is 0.496 e. The van der Waals surface area contributed by atoms with E-state index in [1.165, 1.54) is 27.7 Å². The van der Waals surface area contributed by atoms with Crippen molar-refractivity contribution in [2.24, 2.45) is 0 Å².